The van der Waals surface area contributed by atoms with E-state index in [1.54, 1.807) is 45.7 Å². The molecule has 3 aromatic rings. The molecule has 0 radical (unpaired) electrons. The van der Waals surface area contributed by atoms with Crippen LogP contribution in [0.25, 0.3) is 0 Å². The van der Waals surface area contributed by atoms with E-state index in [1.165, 1.54) is 0 Å². The Labute approximate surface area is 169 Å². The van der Waals surface area contributed by atoms with E-state index in [9.17, 15) is 4.79 Å². The predicted molar refractivity (Wildman–Crippen MR) is 112 cm³/mol. The average Bonchev–Trinajstić information content (AvgIpc) is 2.75. The summed E-state index contributed by atoms with van der Waals surface area (Å²) in [7, 11) is 4.76. The summed E-state index contributed by atoms with van der Waals surface area (Å²) in [6, 6.07) is 16.6. The molecule has 0 aliphatic rings. The fourth-order valence-corrected chi connectivity index (χ4v) is 2.75. The molecule has 0 spiro atoms. The number of anilines is 3. The average molecular weight is 393 g/mol. The molecule has 0 aliphatic carbocycles. The standard InChI is InChI=1S/C22H23N3O4/c1-27-18-8-5-16(6-9-18)24-17-7-11-21(23-14-17)25-22(26)13-15-4-10-19(28-2)20(12-15)29-3/h4-12,14,24H,13H2,1-3H3,(H,23,25,26). The Bertz CT molecular complexity index is 957. The molecule has 7 heteroatoms. The van der Waals surface area contributed by atoms with Crippen LogP contribution in [0, 0.1) is 0 Å². The van der Waals surface area contributed by atoms with E-state index >= 15 is 0 Å². The number of carbonyl (C=O) groups is 1. The molecule has 0 unspecified atom stereocenters. The van der Waals surface area contributed by atoms with E-state index in [-0.39, 0.29) is 12.3 Å². The van der Waals surface area contributed by atoms with E-state index in [4.69, 9.17) is 14.2 Å². The van der Waals surface area contributed by atoms with Gasteiger partial charge in [0.05, 0.1) is 39.6 Å². The number of rotatable bonds is 8. The Kier molecular flexibility index (Phi) is 6.52. The molecular formula is C22H23N3O4. The lowest BCUT2D eigenvalue weighted by atomic mass is 10.1. The van der Waals surface area contributed by atoms with Gasteiger partial charge in [-0.3, -0.25) is 4.79 Å². The van der Waals surface area contributed by atoms with Crippen molar-refractivity contribution >= 4 is 23.1 Å². The minimum Gasteiger partial charge on any atom is -0.497 e. The van der Waals surface area contributed by atoms with E-state index in [0.717, 1.165) is 22.7 Å². The number of nitrogens with zero attached hydrogens (tertiary/aromatic N) is 1. The van der Waals surface area contributed by atoms with Gasteiger partial charge in [-0.05, 0) is 54.1 Å². The number of nitrogens with one attached hydrogen (secondary N) is 2. The number of ether oxygens (including phenoxy) is 3. The van der Waals surface area contributed by atoms with Gasteiger partial charge < -0.3 is 24.8 Å². The minimum absolute atomic E-state index is 0.166. The fourth-order valence-electron chi connectivity index (χ4n) is 2.75. The molecule has 1 amide bonds. The highest BCUT2D eigenvalue weighted by atomic mass is 16.5. The second-order valence-electron chi connectivity index (χ2n) is 6.20. The number of benzene rings is 2. The van der Waals surface area contributed by atoms with Crippen molar-refractivity contribution < 1.29 is 19.0 Å². The molecule has 7 nitrogen and oxygen atoms in total. The van der Waals surface area contributed by atoms with Crippen molar-refractivity contribution in [2.45, 2.75) is 6.42 Å². The Morgan fingerprint density at radius 1 is 0.862 bits per heavy atom. The molecule has 3 rings (SSSR count). The number of pyridine rings is 1. The monoisotopic (exact) mass is 393 g/mol. The highest BCUT2D eigenvalue weighted by Crippen LogP contribution is 2.27. The van der Waals surface area contributed by atoms with Gasteiger partial charge in [0.25, 0.3) is 0 Å². The van der Waals surface area contributed by atoms with Gasteiger partial charge >= 0.3 is 0 Å². The summed E-state index contributed by atoms with van der Waals surface area (Å²) >= 11 is 0. The van der Waals surface area contributed by atoms with E-state index in [1.807, 2.05) is 36.4 Å². The summed E-state index contributed by atoms with van der Waals surface area (Å²) in [5, 5.41) is 6.04. The van der Waals surface area contributed by atoms with Crippen LogP contribution in [-0.2, 0) is 11.2 Å². The lowest BCUT2D eigenvalue weighted by molar-refractivity contribution is -0.115. The van der Waals surface area contributed by atoms with Crippen molar-refractivity contribution in [3.8, 4) is 17.2 Å². The smallest absolute Gasteiger partial charge is 0.229 e. The van der Waals surface area contributed by atoms with Gasteiger partial charge in [0.1, 0.15) is 11.6 Å². The van der Waals surface area contributed by atoms with Gasteiger partial charge in [-0.2, -0.15) is 0 Å². The normalized spacial score (nSPS) is 10.2. The molecule has 2 aromatic carbocycles. The molecular weight excluding hydrogens is 370 g/mol. The van der Waals surface area contributed by atoms with Crippen molar-refractivity contribution in [3.05, 3.63) is 66.4 Å². The summed E-state index contributed by atoms with van der Waals surface area (Å²) in [6.45, 7) is 0. The largest absolute Gasteiger partial charge is 0.497 e. The van der Waals surface area contributed by atoms with Crippen LogP contribution in [0.2, 0.25) is 0 Å². The van der Waals surface area contributed by atoms with Crippen molar-refractivity contribution in [2.75, 3.05) is 32.0 Å². The summed E-state index contributed by atoms with van der Waals surface area (Å²) < 4.78 is 15.6. The van der Waals surface area contributed by atoms with Crippen LogP contribution in [0.15, 0.2) is 60.8 Å². The molecule has 0 saturated carbocycles. The van der Waals surface area contributed by atoms with E-state index < -0.39 is 0 Å². The Morgan fingerprint density at radius 3 is 2.21 bits per heavy atom. The second-order valence-corrected chi connectivity index (χ2v) is 6.20. The third-order valence-corrected chi connectivity index (χ3v) is 4.22. The molecule has 29 heavy (non-hydrogen) atoms. The third kappa shape index (κ3) is 5.38. The summed E-state index contributed by atoms with van der Waals surface area (Å²) in [4.78, 5) is 16.6. The quantitative estimate of drug-likeness (QED) is 0.601. The minimum atomic E-state index is -0.166. The summed E-state index contributed by atoms with van der Waals surface area (Å²) in [5.41, 5.74) is 2.55. The summed E-state index contributed by atoms with van der Waals surface area (Å²) in [5.74, 6) is 2.32. The van der Waals surface area contributed by atoms with Gasteiger partial charge in [0, 0.05) is 5.69 Å². The lowest BCUT2D eigenvalue weighted by Gasteiger charge is -2.10. The molecule has 150 valence electrons. The highest BCUT2D eigenvalue weighted by molar-refractivity contribution is 5.91. The molecule has 0 saturated heterocycles. The maximum Gasteiger partial charge on any atom is 0.229 e. The summed E-state index contributed by atoms with van der Waals surface area (Å²) in [6.07, 6.45) is 1.87. The molecule has 0 atom stereocenters. The van der Waals surface area contributed by atoms with Crippen molar-refractivity contribution in [1.29, 1.82) is 0 Å². The Balaban J connectivity index is 1.58. The number of carbonyl (C=O) groups excluding carboxylic acids is 1. The van der Waals surface area contributed by atoms with Gasteiger partial charge in [-0.25, -0.2) is 4.98 Å². The van der Waals surface area contributed by atoms with Crippen LogP contribution >= 0.6 is 0 Å². The molecule has 0 fully saturated rings. The number of hydrogen-bond donors (Lipinski definition) is 2. The topological polar surface area (TPSA) is 81.7 Å². The molecule has 1 aromatic heterocycles. The maximum absolute atomic E-state index is 12.3. The zero-order valence-corrected chi connectivity index (χ0v) is 16.6. The Morgan fingerprint density at radius 2 is 1.59 bits per heavy atom. The lowest BCUT2D eigenvalue weighted by Crippen LogP contribution is -2.15. The third-order valence-electron chi connectivity index (χ3n) is 4.22. The number of amides is 1. The maximum atomic E-state index is 12.3. The van der Waals surface area contributed by atoms with Gasteiger partial charge in [0.15, 0.2) is 11.5 Å². The second kappa shape index (κ2) is 9.45. The number of hydrogen-bond acceptors (Lipinski definition) is 6. The zero-order valence-electron chi connectivity index (χ0n) is 16.6. The van der Waals surface area contributed by atoms with Crippen molar-refractivity contribution in [3.63, 3.8) is 0 Å². The van der Waals surface area contributed by atoms with Crippen LogP contribution in [-0.4, -0.2) is 32.2 Å². The van der Waals surface area contributed by atoms with Crippen LogP contribution in [0.1, 0.15) is 5.56 Å². The highest BCUT2D eigenvalue weighted by Gasteiger charge is 2.09. The fraction of sp³-hybridized carbons (Fsp3) is 0.182. The first kappa shape index (κ1) is 20.0. The first-order valence-corrected chi connectivity index (χ1v) is 8.99. The van der Waals surface area contributed by atoms with Gasteiger partial charge in [-0.15, -0.1) is 0 Å². The van der Waals surface area contributed by atoms with Crippen molar-refractivity contribution in [2.24, 2.45) is 0 Å². The SMILES string of the molecule is COc1ccc(Nc2ccc(NC(=O)Cc3ccc(OC)c(OC)c3)nc2)cc1. The molecule has 1 heterocycles. The molecule has 0 aliphatic heterocycles. The number of methoxy groups -OCH3 is 3. The van der Waals surface area contributed by atoms with Gasteiger partial charge in [-0.1, -0.05) is 6.07 Å². The molecule has 2 N–H and O–H groups in total. The number of aromatic nitrogens is 1. The van der Waals surface area contributed by atoms with Crippen molar-refractivity contribution in [1.82, 2.24) is 4.98 Å². The molecule has 0 bridgehead atoms. The predicted octanol–water partition coefficient (Wildman–Crippen LogP) is 4.03. The Hall–Kier alpha value is -3.74. The van der Waals surface area contributed by atoms with Crippen LogP contribution in [0.5, 0.6) is 17.2 Å². The van der Waals surface area contributed by atoms with Gasteiger partial charge in [0.2, 0.25) is 5.91 Å². The zero-order chi connectivity index (χ0) is 20.6. The van der Waals surface area contributed by atoms with E-state index in [2.05, 4.69) is 15.6 Å². The first-order chi connectivity index (χ1) is 14.1. The first-order valence-electron chi connectivity index (χ1n) is 8.99. The van der Waals surface area contributed by atoms with Crippen LogP contribution < -0.4 is 24.8 Å². The van der Waals surface area contributed by atoms with Crippen LogP contribution in [0.4, 0.5) is 17.2 Å². The van der Waals surface area contributed by atoms with Crippen LogP contribution in [0.3, 0.4) is 0 Å². The van der Waals surface area contributed by atoms with E-state index in [0.29, 0.717) is 17.3 Å².